The van der Waals surface area contributed by atoms with Gasteiger partial charge in [-0.3, -0.25) is 0 Å². The number of halogens is 2. The van der Waals surface area contributed by atoms with E-state index >= 15 is 0 Å². The first-order valence-electron chi connectivity index (χ1n) is 9.93. The molecule has 12 heteroatoms. The zero-order valence-corrected chi connectivity index (χ0v) is 22.6. The Labute approximate surface area is 212 Å². The number of rotatable bonds is 13. The predicted molar refractivity (Wildman–Crippen MR) is 126 cm³/mol. The number of alkyl halides is 1. The summed E-state index contributed by atoms with van der Waals surface area (Å²) in [5.41, 5.74) is 6.41. The van der Waals surface area contributed by atoms with Crippen molar-refractivity contribution in [3.63, 3.8) is 0 Å². The number of nitrogens with one attached hydrogen (secondary N) is 4. The minimum absolute atomic E-state index is 0.0686. The van der Waals surface area contributed by atoms with Crippen LogP contribution >= 0.6 is 22.6 Å². The number of carbonyl (C=O) groups excluding carboxylic acids is 4. The average Bonchev–Trinajstić information content (AvgIpc) is 2.72. The number of anilines is 1. The SMILES string of the molecule is C[I-]N[C@H](C(=O)N[C@@H](CCCNC(N)=O)C(=O)Nc1ccc(COC(=O)I)cc1)C(C)C. The number of benzene rings is 1. The molecule has 0 spiro atoms. The third kappa shape index (κ3) is 11.3. The second kappa shape index (κ2) is 15.2. The molecule has 0 bridgehead atoms. The van der Waals surface area contributed by atoms with Crippen LogP contribution in [0, 0.1) is 5.92 Å². The van der Waals surface area contributed by atoms with Crippen LogP contribution in [-0.2, 0) is 20.9 Å². The van der Waals surface area contributed by atoms with Gasteiger partial charge < -0.3 is 4.74 Å². The zero-order valence-electron chi connectivity index (χ0n) is 18.2. The predicted octanol–water partition coefficient (Wildman–Crippen LogP) is -1.12. The van der Waals surface area contributed by atoms with Crippen molar-refractivity contribution >= 4 is 50.1 Å². The summed E-state index contributed by atoms with van der Waals surface area (Å²) in [6.45, 7) is 4.33. The summed E-state index contributed by atoms with van der Waals surface area (Å²) in [4.78, 5) is 49.5. The summed E-state index contributed by atoms with van der Waals surface area (Å²) in [5, 5.41) is 8.12. The fraction of sp³-hybridized carbons (Fsp3) is 0.500. The Bertz CT molecular complexity index is 776. The topological polar surface area (TPSA) is 152 Å². The molecule has 0 heterocycles. The molecule has 0 aliphatic carbocycles. The Morgan fingerprint density at radius 1 is 1.12 bits per heavy atom. The van der Waals surface area contributed by atoms with Gasteiger partial charge >= 0.3 is 181 Å². The van der Waals surface area contributed by atoms with Gasteiger partial charge in [0, 0.05) is 0 Å². The first kappa shape index (κ1) is 28.4. The van der Waals surface area contributed by atoms with Crippen LogP contribution in [0.2, 0.25) is 0 Å². The van der Waals surface area contributed by atoms with E-state index in [9.17, 15) is 19.2 Å². The molecule has 0 radical (unpaired) electrons. The first-order valence-corrected chi connectivity index (χ1v) is 14.2. The van der Waals surface area contributed by atoms with Crippen molar-refractivity contribution in [1.82, 2.24) is 14.2 Å². The molecule has 180 valence electrons. The van der Waals surface area contributed by atoms with Gasteiger partial charge in [-0.25, -0.2) is 4.79 Å². The van der Waals surface area contributed by atoms with Crippen LogP contribution in [0.1, 0.15) is 32.3 Å². The van der Waals surface area contributed by atoms with Crippen molar-refractivity contribution in [2.45, 2.75) is 45.4 Å². The first-order chi connectivity index (χ1) is 15.1. The Morgan fingerprint density at radius 2 is 1.78 bits per heavy atom. The minimum atomic E-state index is -0.782. The van der Waals surface area contributed by atoms with Gasteiger partial charge in [0.2, 0.25) is 0 Å². The molecule has 1 aromatic rings. The van der Waals surface area contributed by atoms with Gasteiger partial charge in [-0.1, -0.05) is 0 Å². The molecule has 4 amide bonds. The van der Waals surface area contributed by atoms with E-state index in [-0.39, 0.29) is 51.9 Å². The summed E-state index contributed by atoms with van der Waals surface area (Å²) in [6.07, 6.45) is 0.788. The maximum absolute atomic E-state index is 12.9. The summed E-state index contributed by atoms with van der Waals surface area (Å²) in [5.74, 6) is -0.530. The quantitative estimate of drug-likeness (QED) is 0.0589. The summed E-state index contributed by atoms with van der Waals surface area (Å²) >= 11 is 1.23. The molecule has 0 saturated heterocycles. The Hall–Kier alpha value is -1.68. The van der Waals surface area contributed by atoms with E-state index in [0.717, 1.165) is 5.56 Å². The van der Waals surface area contributed by atoms with Crippen molar-refractivity contribution in [2.75, 3.05) is 16.8 Å². The van der Waals surface area contributed by atoms with Crippen LogP contribution in [0.15, 0.2) is 24.3 Å². The van der Waals surface area contributed by atoms with Gasteiger partial charge in [0.25, 0.3) is 0 Å². The number of hydrogen-bond donors (Lipinski definition) is 5. The molecule has 1 rings (SSSR count). The van der Waals surface area contributed by atoms with Gasteiger partial charge in [-0.2, -0.15) is 0 Å². The van der Waals surface area contributed by atoms with E-state index in [0.29, 0.717) is 25.1 Å². The third-order valence-corrected chi connectivity index (χ3v) is 5.96. The molecule has 0 aliphatic rings. The van der Waals surface area contributed by atoms with Crippen molar-refractivity contribution in [3.8, 4) is 0 Å². The Balaban J connectivity index is 2.82. The van der Waals surface area contributed by atoms with Crippen LogP contribution in [-0.4, -0.2) is 45.4 Å². The van der Waals surface area contributed by atoms with Crippen LogP contribution in [0.4, 0.5) is 15.3 Å². The molecule has 1 aromatic carbocycles. The van der Waals surface area contributed by atoms with Gasteiger partial charge in [-0.15, -0.1) is 0 Å². The Morgan fingerprint density at radius 3 is 2.31 bits per heavy atom. The molecule has 0 unspecified atom stereocenters. The number of hydrogen-bond acceptors (Lipinski definition) is 6. The van der Waals surface area contributed by atoms with Gasteiger partial charge in [0.1, 0.15) is 0 Å². The molecule has 0 aromatic heterocycles. The van der Waals surface area contributed by atoms with E-state index in [2.05, 4.69) is 19.5 Å². The van der Waals surface area contributed by atoms with E-state index in [1.807, 2.05) is 18.8 Å². The molecule has 0 aliphatic heterocycles. The van der Waals surface area contributed by atoms with Crippen molar-refractivity contribution in [1.29, 1.82) is 0 Å². The standard InChI is InChI=1S/C20H30I2N5O5/c1-12(2)16(27-22-3)18(29)26-15(5-4-10-24-20(23)31)17(28)25-14-8-6-13(7-9-14)11-32-19(21)30/h6-9,12,15-16,27H,4-5,10-11H2,1-3H3,(H,25,28)(H,26,29)(H3,23,24,31)/q-1/t15-,16-/m0/s1. The van der Waals surface area contributed by atoms with E-state index in [1.165, 1.54) is 0 Å². The van der Waals surface area contributed by atoms with E-state index in [4.69, 9.17) is 10.5 Å². The fourth-order valence-corrected chi connectivity index (χ4v) is 4.53. The van der Waals surface area contributed by atoms with Crippen LogP contribution in [0.5, 0.6) is 0 Å². The maximum atomic E-state index is 12.9. The van der Waals surface area contributed by atoms with Crippen LogP contribution in [0.3, 0.4) is 0 Å². The van der Waals surface area contributed by atoms with Gasteiger partial charge in [0.05, 0.1) is 22.6 Å². The number of carbonyl (C=O) groups is 4. The molecule has 6 N–H and O–H groups in total. The Kier molecular flexibility index (Phi) is 13.5. The monoisotopic (exact) mass is 674 g/mol. The third-order valence-electron chi connectivity index (χ3n) is 4.35. The number of primary amides is 1. The van der Waals surface area contributed by atoms with Crippen molar-refractivity contribution < 1.29 is 45.4 Å². The van der Waals surface area contributed by atoms with Crippen LogP contribution < -0.4 is 46.7 Å². The number of urea groups is 1. The molecule has 32 heavy (non-hydrogen) atoms. The van der Waals surface area contributed by atoms with Crippen molar-refractivity contribution in [2.24, 2.45) is 11.7 Å². The molecule has 2 atom stereocenters. The van der Waals surface area contributed by atoms with Crippen LogP contribution in [0.25, 0.3) is 0 Å². The fourth-order valence-electron chi connectivity index (χ4n) is 2.70. The van der Waals surface area contributed by atoms with Gasteiger partial charge in [-0.05, 0) is 0 Å². The number of nitrogens with two attached hydrogens (primary N) is 1. The molecule has 0 saturated carbocycles. The van der Waals surface area contributed by atoms with Crippen molar-refractivity contribution in [3.05, 3.63) is 29.8 Å². The molecular formula is C20H30I2N5O5-. The van der Waals surface area contributed by atoms with E-state index in [1.54, 1.807) is 46.9 Å². The molecular weight excluding hydrogens is 644 g/mol. The van der Waals surface area contributed by atoms with Gasteiger partial charge in [0.15, 0.2) is 0 Å². The zero-order chi connectivity index (χ0) is 24.1. The van der Waals surface area contributed by atoms with E-state index < -0.39 is 16.0 Å². The molecule has 10 nitrogen and oxygen atoms in total. The number of amides is 4. The summed E-state index contributed by atoms with van der Waals surface area (Å²) < 4.78 is 7.78. The number of ether oxygens (including phenoxy) is 1. The normalized spacial score (nSPS) is 12.7. The summed E-state index contributed by atoms with van der Waals surface area (Å²) in [7, 11) is 0. The molecule has 0 fully saturated rings. The second-order valence-electron chi connectivity index (χ2n) is 7.23. The average molecular weight is 674 g/mol. The second-order valence-corrected chi connectivity index (χ2v) is 9.81. The summed E-state index contributed by atoms with van der Waals surface area (Å²) in [6, 6.07) is 5.07.